The zero-order chi connectivity index (χ0) is 11.7. The lowest BCUT2D eigenvalue weighted by atomic mass is 9.73. The summed E-state index contributed by atoms with van der Waals surface area (Å²) >= 11 is 0. The molecule has 0 bridgehead atoms. The Hall–Kier alpha value is -0.630. The second-order valence-electron chi connectivity index (χ2n) is 5.91. The zero-order valence-electron chi connectivity index (χ0n) is 10.4. The van der Waals surface area contributed by atoms with Crippen molar-refractivity contribution in [1.82, 2.24) is 0 Å². The molecule has 0 saturated heterocycles. The third kappa shape index (κ3) is 2.54. The standard InChI is InChI=1S/C14H23NO/c1-9-5-10(2)7-12(6-9)14(16)11-3-4-13(15)8-11/h3-4,9-13H,5-8,15H2,1-2H3. The van der Waals surface area contributed by atoms with Gasteiger partial charge in [0.25, 0.3) is 0 Å². The summed E-state index contributed by atoms with van der Waals surface area (Å²) in [5, 5.41) is 0. The second kappa shape index (κ2) is 4.70. The van der Waals surface area contributed by atoms with Gasteiger partial charge in [0.15, 0.2) is 0 Å². The second-order valence-corrected chi connectivity index (χ2v) is 5.91. The molecule has 2 aliphatic carbocycles. The number of allylic oxidation sites excluding steroid dienone is 1. The van der Waals surface area contributed by atoms with Crippen LogP contribution in [0.5, 0.6) is 0 Å². The van der Waals surface area contributed by atoms with Crippen molar-refractivity contribution in [3.05, 3.63) is 12.2 Å². The van der Waals surface area contributed by atoms with Crippen LogP contribution < -0.4 is 5.73 Å². The minimum Gasteiger partial charge on any atom is -0.324 e. The average Bonchev–Trinajstić information content (AvgIpc) is 2.62. The van der Waals surface area contributed by atoms with Gasteiger partial charge in [0, 0.05) is 17.9 Å². The molecule has 2 nitrogen and oxygen atoms in total. The summed E-state index contributed by atoms with van der Waals surface area (Å²) in [6, 6.07) is 0.104. The molecule has 0 amide bonds. The van der Waals surface area contributed by atoms with Crippen LogP contribution >= 0.6 is 0 Å². The summed E-state index contributed by atoms with van der Waals surface area (Å²) in [6.45, 7) is 4.54. The van der Waals surface area contributed by atoms with Crippen molar-refractivity contribution in [3.8, 4) is 0 Å². The average molecular weight is 221 g/mol. The van der Waals surface area contributed by atoms with Crippen LogP contribution in [0.15, 0.2) is 12.2 Å². The molecule has 2 aliphatic rings. The topological polar surface area (TPSA) is 43.1 Å². The summed E-state index contributed by atoms with van der Waals surface area (Å²) in [5.74, 6) is 2.26. The highest BCUT2D eigenvalue weighted by atomic mass is 16.1. The van der Waals surface area contributed by atoms with Crippen molar-refractivity contribution in [2.75, 3.05) is 0 Å². The van der Waals surface area contributed by atoms with E-state index in [2.05, 4.69) is 13.8 Å². The predicted molar refractivity (Wildman–Crippen MR) is 65.9 cm³/mol. The van der Waals surface area contributed by atoms with Crippen molar-refractivity contribution >= 4 is 5.78 Å². The van der Waals surface area contributed by atoms with E-state index >= 15 is 0 Å². The number of carbonyl (C=O) groups is 1. The molecular formula is C14H23NO. The lowest BCUT2D eigenvalue weighted by Gasteiger charge is -2.31. The van der Waals surface area contributed by atoms with Gasteiger partial charge in [-0.15, -0.1) is 0 Å². The summed E-state index contributed by atoms with van der Waals surface area (Å²) in [4.78, 5) is 12.3. The smallest absolute Gasteiger partial charge is 0.142 e. The number of hydrogen-bond acceptors (Lipinski definition) is 2. The molecule has 2 rings (SSSR count). The van der Waals surface area contributed by atoms with Gasteiger partial charge in [-0.05, 0) is 37.5 Å². The fourth-order valence-corrected chi connectivity index (χ4v) is 3.42. The fourth-order valence-electron chi connectivity index (χ4n) is 3.42. The van der Waals surface area contributed by atoms with Crippen molar-refractivity contribution in [2.24, 2.45) is 29.4 Å². The van der Waals surface area contributed by atoms with Gasteiger partial charge >= 0.3 is 0 Å². The molecule has 16 heavy (non-hydrogen) atoms. The molecule has 1 saturated carbocycles. The number of ketones is 1. The van der Waals surface area contributed by atoms with Gasteiger partial charge in [-0.1, -0.05) is 26.0 Å². The molecule has 4 unspecified atom stereocenters. The molecule has 0 heterocycles. The largest absolute Gasteiger partial charge is 0.324 e. The minimum absolute atomic E-state index is 0.104. The van der Waals surface area contributed by atoms with E-state index in [1.165, 1.54) is 6.42 Å². The Labute approximate surface area is 98.3 Å². The Balaban J connectivity index is 1.96. The number of rotatable bonds is 2. The van der Waals surface area contributed by atoms with E-state index < -0.39 is 0 Å². The van der Waals surface area contributed by atoms with E-state index in [4.69, 9.17) is 5.73 Å². The summed E-state index contributed by atoms with van der Waals surface area (Å²) in [7, 11) is 0. The summed E-state index contributed by atoms with van der Waals surface area (Å²) in [6.07, 6.45) is 8.29. The molecule has 0 aromatic heterocycles. The Morgan fingerprint density at radius 1 is 1.06 bits per heavy atom. The van der Waals surface area contributed by atoms with E-state index in [-0.39, 0.29) is 12.0 Å². The first-order chi connectivity index (χ1) is 7.56. The van der Waals surface area contributed by atoms with Crippen LogP contribution in [0.25, 0.3) is 0 Å². The number of nitrogens with two attached hydrogens (primary N) is 1. The zero-order valence-corrected chi connectivity index (χ0v) is 10.4. The molecular weight excluding hydrogens is 198 g/mol. The monoisotopic (exact) mass is 221 g/mol. The number of hydrogen-bond donors (Lipinski definition) is 1. The Morgan fingerprint density at radius 2 is 1.69 bits per heavy atom. The van der Waals surface area contributed by atoms with Crippen LogP contribution in [0.1, 0.15) is 39.5 Å². The summed E-state index contributed by atoms with van der Waals surface area (Å²) in [5.41, 5.74) is 5.81. The molecule has 90 valence electrons. The van der Waals surface area contributed by atoms with E-state index in [9.17, 15) is 4.79 Å². The van der Waals surface area contributed by atoms with Gasteiger partial charge in [-0.3, -0.25) is 4.79 Å². The van der Waals surface area contributed by atoms with Gasteiger partial charge in [0.2, 0.25) is 0 Å². The van der Waals surface area contributed by atoms with Gasteiger partial charge in [0.1, 0.15) is 5.78 Å². The highest BCUT2D eigenvalue weighted by Crippen LogP contribution is 2.36. The lowest BCUT2D eigenvalue weighted by Crippen LogP contribution is -2.30. The minimum atomic E-state index is 0.104. The van der Waals surface area contributed by atoms with Crippen LogP contribution in [0.3, 0.4) is 0 Å². The molecule has 2 heteroatoms. The third-order valence-electron chi connectivity index (χ3n) is 4.06. The van der Waals surface area contributed by atoms with Crippen LogP contribution in [-0.4, -0.2) is 11.8 Å². The van der Waals surface area contributed by atoms with Crippen molar-refractivity contribution < 1.29 is 4.79 Å². The molecule has 2 N–H and O–H groups in total. The third-order valence-corrected chi connectivity index (χ3v) is 4.06. The molecule has 1 fully saturated rings. The maximum Gasteiger partial charge on any atom is 0.142 e. The van der Waals surface area contributed by atoms with E-state index in [1.807, 2.05) is 12.2 Å². The van der Waals surface area contributed by atoms with Gasteiger partial charge in [0.05, 0.1) is 0 Å². The molecule has 0 aromatic carbocycles. The van der Waals surface area contributed by atoms with Crippen molar-refractivity contribution in [2.45, 2.75) is 45.6 Å². The SMILES string of the molecule is CC1CC(C)CC(C(=O)C2C=CC(N)C2)C1. The first-order valence-corrected chi connectivity index (χ1v) is 6.54. The van der Waals surface area contributed by atoms with E-state index in [0.717, 1.165) is 19.3 Å². The lowest BCUT2D eigenvalue weighted by molar-refractivity contribution is -0.127. The van der Waals surface area contributed by atoms with Crippen molar-refractivity contribution in [1.29, 1.82) is 0 Å². The van der Waals surface area contributed by atoms with Crippen LogP contribution in [0.4, 0.5) is 0 Å². The highest BCUT2D eigenvalue weighted by Gasteiger charge is 2.33. The Bertz CT molecular complexity index is 287. The van der Waals surface area contributed by atoms with Crippen molar-refractivity contribution in [3.63, 3.8) is 0 Å². The maximum absolute atomic E-state index is 12.3. The first-order valence-electron chi connectivity index (χ1n) is 6.54. The molecule has 0 aliphatic heterocycles. The first kappa shape index (κ1) is 11.8. The Morgan fingerprint density at radius 3 is 2.19 bits per heavy atom. The van der Waals surface area contributed by atoms with Crippen LogP contribution in [0, 0.1) is 23.7 Å². The van der Waals surface area contributed by atoms with Gasteiger partial charge in [-0.2, -0.15) is 0 Å². The molecule has 0 aromatic rings. The van der Waals surface area contributed by atoms with Crippen LogP contribution in [-0.2, 0) is 4.79 Å². The number of Topliss-reactive ketones (excluding diaryl/α,β-unsaturated/α-hetero) is 1. The fraction of sp³-hybridized carbons (Fsp3) is 0.786. The van der Waals surface area contributed by atoms with E-state index in [1.54, 1.807) is 0 Å². The van der Waals surface area contributed by atoms with E-state index in [0.29, 0.717) is 23.5 Å². The molecule has 4 atom stereocenters. The molecule has 0 radical (unpaired) electrons. The normalized spacial score (nSPS) is 43.6. The predicted octanol–water partition coefficient (Wildman–Crippen LogP) is 2.53. The quantitative estimate of drug-likeness (QED) is 0.728. The van der Waals surface area contributed by atoms with Crippen LogP contribution in [0.2, 0.25) is 0 Å². The number of carbonyl (C=O) groups excluding carboxylic acids is 1. The molecule has 0 spiro atoms. The Kier molecular flexibility index (Phi) is 3.48. The summed E-state index contributed by atoms with van der Waals surface area (Å²) < 4.78 is 0. The highest BCUT2D eigenvalue weighted by molar-refractivity contribution is 5.85. The van der Waals surface area contributed by atoms with Gasteiger partial charge in [-0.25, -0.2) is 0 Å². The van der Waals surface area contributed by atoms with Gasteiger partial charge < -0.3 is 5.73 Å². The maximum atomic E-state index is 12.3.